The summed E-state index contributed by atoms with van der Waals surface area (Å²) in [7, 11) is 0. The highest BCUT2D eigenvalue weighted by Crippen LogP contribution is 2.16. The Morgan fingerprint density at radius 2 is 2.23 bits per heavy atom. The fourth-order valence-electron chi connectivity index (χ4n) is 1.09. The van der Waals surface area contributed by atoms with Gasteiger partial charge in [0.15, 0.2) is 0 Å². The summed E-state index contributed by atoms with van der Waals surface area (Å²) < 4.78 is 1.13. The Bertz CT molecular complexity index is 276. The van der Waals surface area contributed by atoms with Crippen LogP contribution >= 0.6 is 34.2 Å². The summed E-state index contributed by atoms with van der Waals surface area (Å²) in [5, 5.41) is 4.18. The Morgan fingerprint density at radius 3 is 2.85 bits per heavy atom. The first-order chi connectivity index (χ1) is 6.24. The molecule has 1 aromatic rings. The molecule has 13 heavy (non-hydrogen) atoms. The van der Waals surface area contributed by atoms with Crippen LogP contribution in [-0.4, -0.2) is 11.0 Å². The van der Waals surface area contributed by atoms with Gasteiger partial charge < -0.3 is 5.32 Å². The number of nitrogens with one attached hydrogen (secondary N) is 1. The van der Waals surface area contributed by atoms with Crippen LogP contribution in [0.25, 0.3) is 0 Å². The highest BCUT2D eigenvalue weighted by Gasteiger charge is 1.98. The van der Waals surface area contributed by atoms with Crippen molar-refractivity contribution in [2.45, 2.75) is 13.5 Å². The monoisotopic (exact) mass is 309 g/mol. The van der Waals surface area contributed by atoms with E-state index >= 15 is 0 Å². The van der Waals surface area contributed by atoms with E-state index in [2.05, 4.69) is 40.0 Å². The molecule has 0 saturated heterocycles. The molecular formula is C10H13ClIN. The molecule has 0 unspecified atom stereocenters. The standard InChI is InChI=1S/C10H13ClIN/c1-8-2-3-9(10(11)6-8)7-13-5-4-12/h2-3,6,13H,4-5,7H2,1H3. The second-order valence-electron chi connectivity index (χ2n) is 2.96. The predicted molar refractivity (Wildman–Crippen MR) is 66.8 cm³/mol. The molecule has 0 aromatic heterocycles. The molecule has 1 nitrogen and oxygen atoms in total. The van der Waals surface area contributed by atoms with Gasteiger partial charge in [0, 0.05) is 22.5 Å². The minimum absolute atomic E-state index is 0.862. The zero-order valence-electron chi connectivity index (χ0n) is 7.61. The van der Waals surface area contributed by atoms with Crippen LogP contribution in [0.15, 0.2) is 18.2 Å². The lowest BCUT2D eigenvalue weighted by molar-refractivity contribution is 0.737. The minimum atomic E-state index is 0.862. The molecular weight excluding hydrogens is 296 g/mol. The number of alkyl halides is 1. The molecule has 0 fully saturated rings. The molecule has 0 aliphatic rings. The lowest BCUT2D eigenvalue weighted by Gasteiger charge is -2.05. The van der Waals surface area contributed by atoms with Crippen LogP contribution in [0.3, 0.4) is 0 Å². The van der Waals surface area contributed by atoms with Crippen molar-refractivity contribution in [1.29, 1.82) is 0 Å². The van der Waals surface area contributed by atoms with Crippen molar-refractivity contribution in [3.8, 4) is 0 Å². The smallest absolute Gasteiger partial charge is 0.0453 e. The molecule has 0 atom stereocenters. The fraction of sp³-hybridized carbons (Fsp3) is 0.400. The second kappa shape index (κ2) is 5.83. The van der Waals surface area contributed by atoms with Crippen molar-refractivity contribution in [2.75, 3.05) is 11.0 Å². The Labute approximate surface area is 98.0 Å². The molecule has 0 radical (unpaired) electrons. The third-order valence-corrected chi connectivity index (χ3v) is 2.69. The van der Waals surface area contributed by atoms with E-state index in [1.165, 1.54) is 11.1 Å². The van der Waals surface area contributed by atoms with Crippen molar-refractivity contribution < 1.29 is 0 Å². The first kappa shape index (κ1) is 11.3. The Kier molecular flexibility index (Phi) is 5.06. The van der Waals surface area contributed by atoms with Crippen LogP contribution in [0.1, 0.15) is 11.1 Å². The SMILES string of the molecule is Cc1ccc(CNCCI)c(Cl)c1. The van der Waals surface area contributed by atoms with Crippen molar-refractivity contribution >= 4 is 34.2 Å². The third kappa shape index (κ3) is 3.83. The van der Waals surface area contributed by atoms with E-state index in [0.717, 1.165) is 22.5 Å². The highest BCUT2D eigenvalue weighted by atomic mass is 127. The first-order valence-corrected chi connectivity index (χ1v) is 6.16. The lowest BCUT2D eigenvalue weighted by atomic mass is 10.1. The van der Waals surface area contributed by atoms with Crippen molar-refractivity contribution in [1.82, 2.24) is 5.32 Å². The molecule has 0 heterocycles. The molecule has 0 saturated carbocycles. The van der Waals surface area contributed by atoms with E-state index in [0.29, 0.717) is 0 Å². The van der Waals surface area contributed by atoms with Crippen LogP contribution in [0, 0.1) is 6.92 Å². The Hall–Kier alpha value is 0.200. The van der Waals surface area contributed by atoms with Gasteiger partial charge in [0.05, 0.1) is 0 Å². The number of benzene rings is 1. The van der Waals surface area contributed by atoms with Crippen LogP contribution in [0.4, 0.5) is 0 Å². The first-order valence-electron chi connectivity index (χ1n) is 4.25. The molecule has 1 aromatic carbocycles. The lowest BCUT2D eigenvalue weighted by Crippen LogP contribution is -2.15. The predicted octanol–water partition coefficient (Wildman–Crippen LogP) is 3.17. The number of rotatable bonds is 4. The number of aryl methyl sites for hydroxylation is 1. The van der Waals surface area contributed by atoms with Crippen LogP contribution < -0.4 is 5.32 Å². The van der Waals surface area contributed by atoms with Crippen molar-refractivity contribution in [3.05, 3.63) is 34.3 Å². The summed E-state index contributed by atoms with van der Waals surface area (Å²) in [5.74, 6) is 0. The number of hydrogen-bond donors (Lipinski definition) is 1. The molecule has 0 aliphatic heterocycles. The van der Waals surface area contributed by atoms with Gasteiger partial charge in [0.2, 0.25) is 0 Å². The van der Waals surface area contributed by atoms with Gasteiger partial charge in [-0.2, -0.15) is 0 Å². The van der Waals surface area contributed by atoms with Gasteiger partial charge >= 0.3 is 0 Å². The zero-order valence-corrected chi connectivity index (χ0v) is 10.5. The summed E-state index contributed by atoms with van der Waals surface area (Å²) in [5.41, 5.74) is 2.39. The molecule has 1 N–H and O–H groups in total. The Balaban J connectivity index is 2.56. The fourth-order valence-corrected chi connectivity index (χ4v) is 1.77. The highest BCUT2D eigenvalue weighted by molar-refractivity contribution is 14.1. The van der Waals surface area contributed by atoms with Gasteiger partial charge in [-0.05, 0) is 24.1 Å². The van der Waals surface area contributed by atoms with Crippen LogP contribution in [0.5, 0.6) is 0 Å². The van der Waals surface area contributed by atoms with E-state index in [1.807, 2.05) is 13.0 Å². The molecule has 0 bridgehead atoms. The third-order valence-electron chi connectivity index (χ3n) is 1.80. The zero-order chi connectivity index (χ0) is 9.68. The van der Waals surface area contributed by atoms with Gasteiger partial charge in [-0.3, -0.25) is 0 Å². The van der Waals surface area contributed by atoms with E-state index < -0.39 is 0 Å². The summed E-state index contributed by atoms with van der Waals surface area (Å²) in [4.78, 5) is 0. The van der Waals surface area contributed by atoms with Gasteiger partial charge in [0.1, 0.15) is 0 Å². The van der Waals surface area contributed by atoms with Crippen molar-refractivity contribution in [3.63, 3.8) is 0 Å². The molecule has 0 aliphatic carbocycles. The van der Waals surface area contributed by atoms with E-state index in [1.54, 1.807) is 0 Å². The Morgan fingerprint density at radius 1 is 1.46 bits per heavy atom. The maximum Gasteiger partial charge on any atom is 0.0453 e. The topological polar surface area (TPSA) is 12.0 Å². The largest absolute Gasteiger partial charge is 0.312 e. The molecule has 72 valence electrons. The van der Waals surface area contributed by atoms with Crippen LogP contribution in [-0.2, 0) is 6.54 Å². The molecule has 0 amide bonds. The maximum atomic E-state index is 6.07. The summed E-state index contributed by atoms with van der Waals surface area (Å²) in [6, 6.07) is 6.17. The number of hydrogen-bond acceptors (Lipinski definition) is 1. The van der Waals surface area contributed by atoms with Gasteiger partial charge in [-0.1, -0.05) is 46.3 Å². The average molecular weight is 310 g/mol. The quantitative estimate of drug-likeness (QED) is 0.512. The summed E-state index contributed by atoms with van der Waals surface area (Å²) in [6.07, 6.45) is 0. The maximum absolute atomic E-state index is 6.07. The average Bonchev–Trinajstić information content (AvgIpc) is 2.09. The molecule has 1 rings (SSSR count). The van der Waals surface area contributed by atoms with Gasteiger partial charge in [-0.25, -0.2) is 0 Å². The van der Waals surface area contributed by atoms with Gasteiger partial charge in [-0.15, -0.1) is 0 Å². The van der Waals surface area contributed by atoms with E-state index in [4.69, 9.17) is 11.6 Å². The second-order valence-corrected chi connectivity index (χ2v) is 4.45. The summed E-state index contributed by atoms with van der Waals surface area (Å²) >= 11 is 8.42. The normalized spacial score (nSPS) is 10.4. The van der Waals surface area contributed by atoms with E-state index in [-0.39, 0.29) is 0 Å². The molecule has 0 spiro atoms. The van der Waals surface area contributed by atoms with Crippen molar-refractivity contribution in [2.24, 2.45) is 0 Å². The van der Waals surface area contributed by atoms with Gasteiger partial charge in [0.25, 0.3) is 0 Å². The summed E-state index contributed by atoms with van der Waals surface area (Å²) in [6.45, 7) is 3.95. The molecule has 3 heteroatoms. The van der Waals surface area contributed by atoms with E-state index in [9.17, 15) is 0 Å². The van der Waals surface area contributed by atoms with Crippen LogP contribution in [0.2, 0.25) is 5.02 Å². The minimum Gasteiger partial charge on any atom is -0.312 e. The number of halogens is 2.